The summed E-state index contributed by atoms with van der Waals surface area (Å²) in [5.41, 5.74) is 1.10. The zero-order valence-electron chi connectivity index (χ0n) is 12.8. The first-order valence-electron chi connectivity index (χ1n) is 6.55. The summed E-state index contributed by atoms with van der Waals surface area (Å²) in [6.45, 7) is 7.36. The van der Waals surface area contributed by atoms with Crippen molar-refractivity contribution in [2.24, 2.45) is 5.41 Å². The maximum atomic E-state index is 11.8. The van der Waals surface area contributed by atoms with Crippen molar-refractivity contribution >= 4 is 15.7 Å². The van der Waals surface area contributed by atoms with E-state index in [2.05, 4.69) is 30.8 Å². The van der Waals surface area contributed by atoms with Crippen LogP contribution >= 0.6 is 0 Å². The molecule has 6 heteroatoms. The van der Waals surface area contributed by atoms with Gasteiger partial charge in [0.15, 0.2) is 0 Å². The quantitative estimate of drug-likeness (QED) is 0.847. The van der Waals surface area contributed by atoms with Crippen LogP contribution < -0.4 is 14.8 Å². The smallest absolute Gasteiger partial charge is 0.243 e. The Morgan fingerprint density at radius 2 is 1.90 bits per heavy atom. The van der Waals surface area contributed by atoms with Gasteiger partial charge in [0.25, 0.3) is 0 Å². The Morgan fingerprint density at radius 1 is 1.25 bits per heavy atom. The van der Waals surface area contributed by atoms with E-state index in [4.69, 9.17) is 4.74 Å². The Kier molecular flexibility index (Phi) is 5.42. The standard InChI is InChI=1S/C14H24N2O3S/c1-14(2,3)8-9-16-11-6-7-13(12(10-11)19-5)20(17,18)15-4/h6-7,10,15-16H,8-9H2,1-5H3. The first-order chi connectivity index (χ1) is 9.19. The molecule has 0 fully saturated rings. The zero-order chi connectivity index (χ0) is 15.4. The van der Waals surface area contributed by atoms with Crippen molar-refractivity contribution in [3.05, 3.63) is 18.2 Å². The van der Waals surface area contributed by atoms with Gasteiger partial charge in [-0.15, -0.1) is 0 Å². The van der Waals surface area contributed by atoms with Gasteiger partial charge >= 0.3 is 0 Å². The maximum absolute atomic E-state index is 11.8. The molecule has 0 aromatic heterocycles. The van der Waals surface area contributed by atoms with E-state index in [0.717, 1.165) is 18.7 Å². The third kappa shape index (κ3) is 4.68. The van der Waals surface area contributed by atoms with Gasteiger partial charge in [-0.05, 0) is 31.0 Å². The minimum atomic E-state index is -3.50. The van der Waals surface area contributed by atoms with Gasteiger partial charge in [0.1, 0.15) is 10.6 Å². The molecule has 0 saturated heterocycles. The van der Waals surface area contributed by atoms with Crippen LogP contribution in [0.25, 0.3) is 0 Å². The van der Waals surface area contributed by atoms with Crippen LogP contribution in [-0.2, 0) is 10.0 Å². The number of ether oxygens (including phenoxy) is 1. The average Bonchev–Trinajstić information content (AvgIpc) is 2.37. The summed E-state index contributed by atoms with van der Waals surface area (Å²) in [6.07, 6.45) is 1.02. The molecule has 0 heterocycles. The summed E-state index contributed by atoms with van der Waals surface area (Å²) in [4.78, 5) is 0.142. The van der Waals surface area contributed by atoms with Gasteiger partial charge in [0.2, 0.25) is 10.0 Å². The van der Waals surface area contributed by atoms with E-state index >= 15 is 0 Å². The van der Waals surface area contributed by atoms with Gasteiger partial charge in [-0.3, -0.25) is 0 Å². The predicted molar refractivity (Wildman–Crippen MR) is 81.8 cm³/mol. The van der Waals surface area contributed by atoms with Gasteiger partial charge in [-0.2, -0.15) is 0 Å². The van der Waals surface area contributed by atoms with Crippen molar-refractivity contribution < 1.29 is 13.2 Å². The maximum Gasteiger partial charge on any atom is 0.243 e. The number of rotatable bonds is 6. The topological polar surface area (TPSA) is 67.4 Å². The summed E-state index contributed by atoms with van der Waals surface area (Å²) in [6, 6.07) is 4.99. The van der Waals surface area contributed by atoms with Gasteiger partial charge < -0.3 is 10.1 Å². The van der Waals surface area contributed by atoms with Crippen LogP contribution in [0.5, 0.6) is 5.75 Å². The van der Waals surface area contributed by atoms with Crippen LogP contribution in [0.2, 0.25) is 0 Å². The lowest BCUT2D eigenvalue weighted by Gasteiger charge is -2.19. The second-order valence-corrected chi connectivity index (χ2v) is 7.67. The average molecular weight is 300 g/mol. The van der Waals surface area contributed by atoms with Gasteiger partial charge in [-0.1, -0.05) is 20.8 Å². The fourth-order valence-electron chi connectivity index (χ4n) is 1.69. The molecule has 0 aliphatic heterocycles. The normalized spacial score (nSPS) is 12.2. The number of hydrogen-bond acceptors (Lipinski definition) is 4. The Balaban J connectivity index is 2.88. The molecule has 0 amide bonds. The molecule has 0 bridgehead atoms. The SMILES string of the molecule is CNS(=O)(=O)c1ccc(NCCC(C)(C)C)cc1OC. The first-order valence-corrected chi connectivity index (χ1v) is 8.03. The minimum absolute atomic E-state index is 0.142. The number of nitrogens with one attached hydrogen (secondary N) is 2. The van der Waals surface area contributed by atoms with Crippen LogP contribution in [0, 0.1) is 5.41 Å². The lowest BCUT2D eigenvalue weighted by molar-refractivity contribution is 0.389. The molecule has 0 radical (unpaired) electrons. The highest BCUT2D eigenvalue weighted by molar-refractivity contribution is 7.89. The summed E-state index contributed by atoms with van der Waals surface area (Å²) in [5, 5.41) is 3.28. The zero-order valence-corrected chi connectivity index (χ0v) is 13.6. The van der Waals surface area contributed by atoms with E-state index in [0.29, 0.717) is 5.75 Å². The molecule has 2 N–H and O–H groups in total. The van der Waals surface area contributed by atoms with Crippen molar-refractivity contribution in [2.75, 3.05) is 26.0 Å². The fourth-order valence-corrected chi connectivity index (χ4v) is 2.57. The highest BCUT2D eigenvalue weighted by Gasteiger charge is 2.18. The molecular formula is C14H24N2O3S. The molecule has 0 saturated carbocycles. The molecule has 0 aliphatic rings. The molecule has 0 aliphatic carbocycles. The number of benzene rings is 1. The summed E-state index contributed by atoms with van der Waals surface area (Å²) < 4.78 is 31.1. The molecule has 0 unspecified atom stereocenters. The van der Waals surface area contributed by atoms with E-state index in [-0.39, 0.29) is 10.3 Å². The van der Waals surface area contributed by atoms with E-state index in [1.165, 1.54) is 14.2 Å². The molecule has 1 aromatic carbocycles. The van der Waals surface area contributed by atoms with Crippen LogP contribution in [0.1, 0.15) is 27.2 Å². The van der Waals surface area contributed by atoms with Crippen molar-refractivity contribution in [3.63, 3.8) is 0 Å². The van der Waals surface area contributed by atoms with Crippen LogP contribution in [0.15, 0.2) is 23.1 Å². The Hall–Kier alpha value is -1.27. The van der Waals surface area contributed by atoms with Crippen LogP contribution in [0.4, 0.5) is 5.69 Å². The van der Waals surface area contributed by atoms with Crippen LogP contribution in [-0.4, -0.2) is 29.1 Å². The van der Waals surface area contributed by atoms with Crippen molar-refractivity contribution in [2.45, 2.75) is 32.1 Å². The van der Waals surface area contributed by atoms with Crippen molar-refractivity contribution in [1.82, 2.24) is 4.72 Å². The van der Waals surface area contributed by atoms with E-state index in [1.54, 1.807) is 18.2 Å². The van der Waals surface area contributed by atoms with Crippen molar-refractivity contribution in [3.8, 4) is 5.75 Å². The van der Waals surface area contributed by atoms with Crippen LogP contribution in [0.3, 0.4) is 0 Å². The molecule has 0 atom stereocenters. The largest absolute Gasteiger partial charge is 0.495 e. The highest BCUT2D eigenvalue weighted by Crippen LogP contribution is 2.27. The molecule has 114 valence electrons. The second kappa shape index (κ2) is 6.45. The third-order valence-electron chi connectivity index (χ3n) is 2.93. The molecule has 0 spiro atoms. The van der Waals surface area contributed by atoms with E-state index in [9.17, 15) is 8.42 Å². The van der Waals surface area contributed by atoms with Gasteiger partial charge in [-0.25, -0.2) is 13.1 Å². The molecular weight excluding hydrogens is 276 g/mol. The minimum Gasteiger partial charge on any atom is -0.495 e. The summed E-state index contributed by atoms with van der Waals surface area (Å²) in [7, 11) is -0.664. The Bertz CT molecular complexity index is 548. The molecule has 1 rings (SSSR count). The Morgan fingerprint density at radius 3 is 2.40 bits per heavy atom. The monoisotopic (exact) mass is 300 g/mol. The molecule has 1 aromatic rings. The predicted octanol–water partition coefficient (Wildman–Crippen LogP) is 2.45. The molecule has 5 nitrogen and oxygen atoms in total. The molecule has 20 heavy (non-hydrogen) atoms. The van der Waals surface area contributed by atoms with Gasteiger partial charge in [0.05, 0.1) is 7.11 Å². The third-order valence-corrected chi connectivity index (χ3v) is 4.38. The number of hydrogen-bond donors (Lipinski definition) is 2. The number of methoxy groups -OCH3 is 1. The lowest BCUT2D eigenvalue weighted by atomic mass is 9.92. The number of anilines is 1. The number of sulfonamides is 1. The van der Waals surface area contributed by atoms with Gasteiger partial charge in [0, 0.05) is 18.3 Å². The fraction of sp³-hybridized carbons (Fsp3) is 0.571. The van der Waals surface area contributed by atoms with E-state index in [1.807, 2.05) is 0 Å². The summed E-state index contributed by atoms with van der Waals surface area (Å²) in [5.74, 6) is 0.333. The lowest BCUT2D eigenvalue weighted by Crippen LogP contribution is -2.19. The highest BCUT2D eigenvalue weighted by atomic mass is 32.2. The van der Waals surface area contributed by atoms with E-state index < -0.39 is 10.0 Å². The summed E-state index contributed by atoms with van der Waals surface area (Å²) >= 11 is 0. The first kappa shape index (κ1) is 16.8. The Labute approximate surface area is 121 Å². The second-order valence-electron chi connectivity index (χ2n) is 5.81. The van der Waals surface area contributed by atoms with Crippen molar-refractivity contribution in [1.29, 1.82) is 0 Å².